The van der Waals surface area contributed by atoms with Gasteiger partial charge in [0.15, 0.2) is 11.6 Å². The molecule has 0 amide bonds. The summed E-state index contributed by atoms with van der Waals surface area (Å²) in [4.78, 5) is 0. The summed E-state index contributed by atoms with van der Waals surface area (Å²) in [6.07, 6.45) is 0.552. The number of benzene rings is 2. The Balaban J connectivity index is 2.20. The van der Waals surface area contributed by atoms with E-state index < -0.39 is 5.82 Å². The second kappa shape index (κ2) is 6.93. The van der Waals surface area contributed by atoms with E-state index in [2.05, 4.69) is 0 Å². The molecule has 20 heavy (non-hydrogen) atoms. The van der Waals surface area contributed by atoms with Gasteiger partial charge in [-0.05, 0) is 42.8 Å². The fourth-order valence-corrected chi connectivity index (χ4v) is 2.24. The van der Waals surface area contributed by atoms with E-state index in [1.165, 1.54) is 6.07 Å². The number of rotatable bonds is 5. The van der Waals surface area contributed by atoms with Gasteiger partial charge in [-0.25, -0.2) is 4.39 Å². The smallest absolute Gasteiger partial charge is 0.165 e. The Hall–Kier alpha value is -1.29. The van der Waals surface area contributed by atoms with Crippen molar-refractivity contribution in [2.75, 3.05) is 6.54 Å². The first-order chi connectivity index (χ1) is 9.61. The lowest BCUT2D eigenvalue weighted by atomic mass is 10.1. The topological polar surface area (TPSA) is 35.2 Å². The summed E-state index contributed by atoms with van der Waals surface area (Å²) in [5, 5.41) is 1.09. The summed E-state index contributed by atoms with van der Waals surface area (Å²) in [6.45, 7) is 0.579. The molecule has 0 aromatic heterocycles. The summed E-state index contributed by atoms with van der Waals surface area (Å²) in [7, 11) is 0. The highest BCUT2D eigenvalue weighted by Crippen LogP contribution is 2.26. The molecule has 2 nitrogen and oxygen atoms in total. The first-order valence-electron chi connectivity index (χ1n) is 6.16. The van der Waals surface area contributed by atoms with Gasteiger partial charge in [0.2, 0.25) is 0 Å². The zero-order chi connectivity index (χ0) is 14.5. The number of hydrogen-bond acceptors (Lipinski definition) is 2. The van der Waals surface area contributed by atoms with Gasteiger partial charge in [-0.2, -0.15) is 0 Å². The Morgan fingerprint density at radius 3 is 2.65 bits per heavy atom. The van der Waals surface area contributed by atoms with Crippen LogP contribution in [0.2, 0.25) is 10.0 Å². The molecule has 0 atom stereocenters. The Kier molecular flexibility index (Phi) is 5.24. The van der Waals surface area contributed by atoms with Crippen molar-refractivity contribution in [1.29, 1.82) is 0 Å². The molecule has 0 heterocycles. The van der Waals surface area contributed by atoms with Gasteiger partial charge >= 0.3 is 0 Å². The van der Waals surface area contributed by atoms with Crippen molar-refractivity contribution in [2.24, 2.45) is 5.73 Å². The minimum Gasteiger partial charge on any atom is -0.485 e. The highest BCUT2D eigenvalue weighted by molar-refractivity contribution is 6.33. The van der Waals surface area contributed by atoms with Crippen molar-refractivity contribution >= 4 is 23.2 Å². The molecule has 0 radical (unpaired) electrons. The van der Waals surface area contributed by atoms with Crippen molar-refractivity contribution in [3.63, 3.8) is 0 Å². The molecule has 0 unspecified atom stereocenters. The molecular formula is C15H14Cl2FNO. The Labute approximate surface area is 127 Å². The number of para-hydroxylation sites is 1. The predicted octanol–water partition coefficient (Wildman–Crippen LogP) is 4.21. The molecule has 0 aliphatic carbocycles. The van der Waals surface area contributed by atoms with Gasteiger partial charge < -0.3 is 10.5 Å². The summed E-state index contributed by atoms with van der Waals surface area (Å²) < 4.78 is 19.4. The van der Waals surface area contributed by atoms with Gasteiger partial charge in [-0.1, -0.05) is 35.3 Å². The summed E-state index contributed by atoms with van der Waals surface area (Å²) in [5.74, 6) is -0.192. The fourth-order valence-electron chi connectivity index (χ4n) is 1.87. The molecule has 2 aromatic carbocycles. The normalized spacial score (nSPS) is 10.6. The third-order valence-electron chi connectivity index (χ3n) is 2.84. The quantitative estimate of drug-likeness (QED) is 0.897. The Bertz CT molecular complexity index is 604. The van der Waals surface area contributed by atoms with Crippen LogP contribution < -0.4 is 10.5 Å². The lowest BCUT2D eigenvalue weighted by Gasteiger charge is -2.13. The van der Waals surface area contributed by atoms with Crippen molar-refractivity contribution in [2.45, 2.75) is 13.0 Å². The SMILES string of the molecule is NCCc1cccc(F)c1OCc1cc(Cl)ccc1Cl. The van der Waals surface area contributed by atoms with Crippen molar-refractivity contribution in [3.8, 4) is 5.75 Å². The Morgan fingerprint density at radius 2 is 1.90 bits per heavy atom. The molecule has 0 saturated carbocycles. The van der Waals surface area contributed by atoms with E-state index in [-0.39, 0.29) is 12.4 Å². The van der Waals surface area contributed by atoms with Crippen molar-refractivity contribution < 1.29 is 9.13 Å². The molecule has 2 aromatic rings. The third-order valence-corrected chi connectivity index (χ3v) is 3.45. The van der Waals surface area contributed by atoms with E-state index in [4.69, 9.17) is 33.7 Å². The zero-order valence-electron chi connectivity index (χ0n) is 10.7. The molecule has 5 heteroatoms. The van der Waals surface area contributed by atoms with Crippen molar-refractivity contribution in [3.05, 3.63) is 63.4 Å². The highest BCUT2D eigenvalue weighted by Gasteiger charge is 2.10. The number of nitrogens with two attached hydrogens (primary N) is 1. The van der Waals surface area contributed by atoms with E-state index in [1.807, 2.05) is 0 Å². The monoisotopic (exact) mass is 313 g/mol. The van der Waals surface area contributed by atoms with E-state index in [0.29, 0.717) is 28.6 Å². The van der Waals surface area contributed by atoms with E-state index in [0.717, 1.165) is 5.56 Å². The lowest BCUT2D eigenvalue weighted by molar-refractivity contribution is 0.287. The van der Waals surface area contributed by atoms with Crippen LogP contribution in [0.15, 0.2) is 36.4 Å². The molecule has 0 aliphatic rings. The standard InChI is InChI=1S/C15H14Cl2FNO/c16-12-4-5-13(17)11(8-12)9-20-15-10(6-7-19)2-1-3-14(15)18/h1-5,8H,6-7,9,19H2. The zero-order valence-corrected chi connectivity index (χ0v) is 12.2. The largest absolute Gasteiger partial charge is 0.485 e. The van der Waals surface area contributed by atoms with Crippen LogP contribution in [0, 0.1) is 5.82 Å². The average molecular weight is 314 g/mol. The van der Waals surface area contributed by atoms with Gasteiger partial charge in [0.25, 0.3) is 0 Å². The molecule has 0 spiro atoms. The first kappa shape index (κ1) is 15.1. The van der Waals surface area contributed by atoms with Gasteiger partial charge in [0.1, 0.15) is 6.61 Å². The molecule has 0 aliphatic heterocycles. The minimum absolute atomic E-state index is 0.151. The van der Waals surface area contributed by atoms with Gasteiger partial charge in [-0.3, -0.25) is 0 Å². The van der Waals surface area contributed by atoms with Crippen LogP contribution in [0.25, 0.3) is 0 Å². The van der Waals surface area contributed by atoms with E-state index in [1.54, 1.807) is 30.3 Å². The minimum atomic E-state index is -0.408. The molecule has 0 bridgehead atoms. The third kappa shape index (κ3) is 3.63. The van der Waals surface area contributed by atoms with Crippen LogP contribution in [-0.4, -0.2) is 6.54 Å². The van der Waals surface area contributed by atoms with Crippen LogP contribution in [-0.2, 0) is 13.0 Å². The molecule has 106 valence electrons. The highest BCUT2D eigenvalue weighted by atomic mass is 35.5. The van der Waals surface area contributed by atoms with Crippen LogP contribution in [0.1, 0.15) is 11.1 Å². The Morgan fingerprint density at radius 1 is 1.10 bits per heavy atom. The second-order valence-corrected chi connectivity index (χ2v) is 5.13. The van der Waals surface area contributed by atoms with Gasteiger partial charge in [-0.15, -0.1) is 0 Å². The first-order valence-corrected chi connectivity index (χ1v) is 6.91. The van der Waals surface area contributed by atoms with E-state index >= 15 is 0 Å². The molecule has 0 saturated heterocycles. The summed E-state index contributed by atoms with van der Waals surface area (Å²) in [5.41, 5.74) is 6.96. The number of ether oxygens (including phenoxy) is 1. The number of halogens is 3. The maximum Gasteiger partial charge on any atom is 0.165 e. The second-order valence-electron chi connectivity index (χ2n) is 4.29. The average Bonchev–Trinajstić information content (AvgIpc) is 2.42. The number of hydrogen-bond donors (Lipinski definition) is 1. The maximum atomic E-state index is 13.8. The predicted molar refractivity (Wildman–Crippen MR) is 80.0 cm³/mol. The van der Waals surface area contributed by atoms with E-state index in [9.17, 15) is 4.39 Å². The fraction of sp³-hybridized carbons (Fsp3) is 0.200. The molecule has 0 fully saturated rings. The summed E-state index contributed by atoms with van der Waals surface area (Å²) in [6, 6.07) is 9.87. The van der Waals surface area contributed by atoms with Crippen LogP contribution in [0.5, 0.6) is 5.75 Å². The molecular weight excluding hydrogens is 300 g/mol. The lowest BCUT2D eigenvalue weighted by Crippen LogP contribution is -2.07. The van der Waals surface area contributed by atoms with Crippen molar-refractivity contribution in [1.82, 2.24) is 0 Å². The van der Waals surface area contributed by atoms with Crippen LogP contribution in [0.4, 0.5) is 4.39 Å². The van der Waals surface area contributed by atoms with Crippen LogP contribution in [0.3, 0.4) is 0 Å². The molecule has 2 rings (SSSR count). The van der Waals surface area contributed by atoms with Gasteiger partial charge in [0, 0.05) is 15.6 Å². The van der Waals surface area contributed by atoms with Gasteiger partial charge in [0.05, 0.1) is 0 Å². The van der Waals surface area contributed by atoms with Crippen LogP contribution >= 0.6 is 23.2 Å². The molecule has 2 N–H and O–H groups in total. The maximum absolute atomic E-state index is 13.8. The summed E-state index contributed by atoms with van der Waals surface area (Å²) >= 11 is 12.0.